The van der Waals surface area contributed by atoms with Gasteiger partial charge in [0.05, 0.1) is 0 Å². The second kappa shape index (κ2) is 6.88. The van der Waals surface area contributed by atoms with Gasteiger partial charge in [-0.2, -0.15) is 0 Å². The van der Waals surface area contributed by atoms with Crippen molar-refractivity contribution in [3.05, 3.63) is 35.4 Å². The third-order valence-corrected chi connectivity index (χ3v) is 3.69. The van der Waals surface area contributed by atoms with Crippen LogP contribution in [0.1, 0.15) is 24.0 Å². The van der Waals surface area contributed by atoms with Crippen LogP contribution in [0.3, 0.4) is 0 Å². The Labute approximate surface area is 110 Å². The van der Waals surface area contributed by atoms with E-state index in [1.54, 1.807) is 0 Å². The molecule has 1 heterocycles. The number of benzene rings is 1. The molecule has 0 radical (unpaired) electrons. The maximum absolute atomic E-state index is 5.78. The van der Waals surface area contributed by atoms with Crippen molar-refractivity contribution in [2.24, 2.45) is 11.7 Å². The summed E-state index contributed by atoms with van der Waals surface area (Å²) in [5.74, 6) is 0.786. The Morgan fingerprint density at radius 1 is 1.22 bits per heavy atom. The molecule has 1 aromatic rings. The minimum Gasteiger partial charge on any atom is -0.381 e. The van der Waals surface area contributed by atoms with E-state index >= 15 is 0 Å². The number of hydrogen-bond donors (Lipinski definition) is 1. The molecule has 0 atom stereocenters. The summed E-state index contributed by atoms with van der Waals surface area (Å²) in [6.07, 6.45) is 2.39. The van der Waals surface area contributed by atoms with Gasteiger partial charge in [0.1, 0.15) is 0 Å². The fraction of sp³-hybridized carbons (Fsp3) is 0.600. The molecule has 0 amide bonds. The van der Waals surface area contributed by atoms with Gasteiger partial charge in [-0.3, -0.25) is 0 Å². The smallest absolute Gasteiger partial charge is 0.0469 e. The Morgan fingerprint density at radius 3 is 2.56 bits per heavy atom. The topological polar surface area (TPSA) is 38.5 Å². The molecular formula is C15H24N2O. The van der Waals surface area contributed by atoms with Gasteiger partial charge in [0.15, 0.2) is 0 Å². The Kier molecular flexibility index (Phi) is 5.17. The molecule has 2 N–H and O–H groups in total. The maximum atomic E-state index is 5.78. The fourth-order valence-electron chi connectivity index (χ4n) is 2.64. The molecule has 1 aliphatic rings. The van der Waals surface area contributed by atoms with E-state index in [0.717, 1.165) is 32.2 Å². The SMILES string of the molecule is CN(Cc1ccccc1CN)CC1CCOCC1. The molecule has 3 nitrogen and oxygen atoms in total. The fourth-order valence-corrected chi connectivity index (χ4v) is 2.64. The highest BCUT2D eigenvalue weighted by Gasteiger charge is 2.16. The highest BCUT2D eigenvalue weighted by molar-refractivity contribution is 5.26. The van der Waals surface area contributed by atoms with Crippen LogP contribution < -0.4 is 5.73 Å². The first-order chi connectivity index (χ1) is 8.79. The quantitative estimate of drug-likeness (QED) is 0.866. The van der Waals surface area contributed by atoms with E-state index in [1.165, 1.54) is 24.0 Å². The van der Waals surface area contributed by atoms with E-state index in [0.29, 0.717) is 6.54 Å². The lowest BCUT2D eigenvalue weighted by Crippen LogP contribution is -2.29. The molecule has 0 unspecified atom stereocenters. The monoisotopic (exact) mass is 248 g/mol. The van der Waals surface area contributed by atoms with E-state index < -0.39 is 0 Å². The van der Waals surface area contributed by atoms with E-state index in [4.69, 9.17) is 10.5 Å². The van der Waals surface area contributed by atoms with Crippen molar-refractivity contribution in [1.29, 1.82) is 0 Å². The van der Waals surface area contributed by atoms with Gasteiger partial charge in [0.2, 0.25) is 0 Å². The molecule has 1 aromatic carbocycles. The predicted molar refractivity (Wildman–Crippen MR) is 74.2 cm³/mol. The third-order valence-electron chi connectivity index (χ3n) is 3.69. The second-order valence-corrected chi connectivity index (χ2v) is 5.23. The van der Waals surface area contributed by atoms with Gasteiger partial charge >= 0.3 is 0 Å². The average molecular weight is 248 g/mol. The first-order valence-electron chi connectivity index (χ1n) is 6.82. The molecule has 0 saturated carbocycles. The maximum Gasteiger partial charge on any atom is 0.0469 e. The summed E-state index contributed by atoms with van der Waals surface area (Å²) < 4.78 is 5.40. The lowest BCUT2D eigenvalue weighted by Gasteiger charge is -2.27. The zero-order valence-electron chi connectivity index (χ0n) is 11.3. The van der Waals surface area contributed by atoms with Crippen LogP contribution in [0.15, 0.2) is 24.3 Å². The van der Waals surface area contributed by atoms with Gasteiger partial charge < -0.3 is 15.4 Å². The number of nitrogens with zero attached hydrogens (tertiary/aromatic N) is 1. The van der Waals surface area contributed by atoms with Crippen LogP contribution in [0.25, 0.3) is 0 Å². The van der Waals surface area contributed by atoms with Gasteiger partial charge in [-0.15, -0.1) is 0 Å². The lowest BCUT2D eigenvalue weighted by atomic mass is 9.99. The van der Waals surface area contributed by atoms with Crippen molar-refractivity contribution < 1.29 is 4.74 Å². The van der Waals surface area contributed by atoms with Gasteiger partial charge in [0.25, 0.3) is 0 Å². The number of nitrogens with two attached hydrogens (primary N) is 1. The third kappa shape index (κ3) is 3.80. The van der Waals surface area contributed by atoms with Crippen molar-refractivity contribution in [1.82, 2.24) is 4.90 Å². The van der Waals surface area contributed by atoms with Crippen LogP contribution in [0, 0.1) is 5.92 Å². The average Bonchev–Trinajstić information content (AvgIpc) is 2.40. The molecule has 100 valence electrons. The summed E-state index contributed by atoms with van der Waals surface area (Å²) in [5, 5.41) is 0. The molecule has 1 fully saturated rings. The van der Waals surface area contributed by atoms with Crippen LogP contribution in [-0.2, 0) is 17.8 Å². The first-order valence-corrected chi connectivity index (χ1v) is 6.82. The molecule has 1 aliphatic heterocycles. The van der Waals surface area contributed by atoms with E-state index in [9.17, 15) is 0 Å². The molecule has 3 heteroatoms. The standard InChI is InChI=1S/C15H24N2O/c1-17(11-13-6-8-18-9-7-13)12-15-5-3-2-4-14(15)10-16/h2-5,13H,6-12,16H2,1H3. The normalized spacial score (nSPS) is 17.3. The second-order valence-electron chi connectivity index (χ2n) is 5.23. The summed E-state index contributed by atoms with van der Waals surface area (Å²) in [5.41, 5.74) is 8.39. The van der Waals surface area contributed by atoms with Crippen molar-refractivity contribution in [3.63, 3.8) is 0 Å². The van der Waals surface area contributed by atoms with Crippen LogP contribution in [0.4, 0.5) is 0 Å². The van der Waals surface area contributed by atoms with Crippen LogP contribution in [0.2, 0.25) is 0 Å². The highest BCUT2D eigenvalue weighted by atomic mass is 16.5. The Bertz CT molecular complexity index is 361. The molecule has 0 spiro atoms. The van der Waals surface area contributed by atoms with Crippen molar-refractivity contribution in [3.8, 4) is 0 Å². The predicted octanol–water partition coefficient (Wildman–Crippen LogP) is 2.00. The molecule has 1 saturated heterocycles. The van der Waals surface area contributed by atoms with Crippen molar-refractivity contribution in [2.45, 2.75) is 25.9 Å². The van der Waals surface area contributed by atoms with Crippen molar-refractivity contribution >= 4 is 0 Å². The zero-order valence-corrected chi connectivity index (χ0v) is 11.3. The van der Waals surface area contributed by atoms with Crippen LogP contribution >= 0.6 is 0 Å². The lowest BCUT2D eigenvalue weighted by molar-refractivity contribution is 0.0549. The summed E-state index contributed by atoms with van der Waals surface area (Å²) in [4.78, 5) is 2.41. The molecule has 0 aliphatic carbocycles. The summed E-state index contributed by atoms with van der Waals surface area (Å²) >= 11 is 0. The summed E-state index contributed by atoms with van der Waals surface area (Å²) in [7, 11) is 2.20. The Morgan fingerprint density at radius 2 is 1.89 bits per heavy atom. The Hall–Kier alpha value is -0.900. The first kappa shape index (κ1) is 13.5. The van der Waals surface area contributed by atoms with Gasteiger partial charge in [-0.05, 0) is 36.9 Å². The minimum atomic E-state index is 0.626. The van der Waals surface area contributed by atoms with Gasteiger partial charge in [0, 0.05) is 32.8 Å². The summed E-state index contributed by atoms with van der Waals surface area (Å²) in [6, 6.07) is 8.46. The van der Waals surface area contributed by atoms with E-state index in [-0.39, 0.29) is 0 Å². The zero-order chi connectivity index (χ0) is 12.8. The minimum absolute atomic E-state index is 0.626. The van der Waals surface area contributed by atoms with Crippen molar-refractivity contribution in [2.75, 3.05) is 26.8 Å². The molecular weight excluding hydrogens is 224 g/mol. The van der Waals surface area contributed by atoms with E-state index in [2.05, 4.69) is 36.2 Å². The van der Waals surface area contributed by atoms with Crippen LogP contribution in [0.5, 0.6) is 0 Å². The molecule has 18 heavy (non-hydrogen) atoms. The van der Waals surface area contributed by atoms with Gasteiger partial charge in [-0.1, -0.05) is 24.3 Å². The number of rotatable bonds is 5. The number of ether oxygens (including phenoxy) is 1. The Balaban J connectivity index is 1.87. The molecule has 0 bridgehead atoms. The number of hydrogen-bond acceptors (Lipinski definition) is 3. The summed E-state index contributed by atoms with van der Waals surface area (Å²) in [6.45, 7) is 4.63. The molecule has 2 rings (SSSR count). The van der Waals surface area contributed by atoms with Gasteiger partial charge in [-0.25, -0.2) is 0 Å². The largest absolute Gasteiger partial charge is 0.381 e. The molecule has 0 aromatic heterocycles. The highest BCUT2D eigenvalue weighted by Crippen LogP contribution is 2.17. The van der Waals surface area contributed by atoms with E-state index in [1.807, 2.05) is 0 Å². The van der Waals surface area contributed by atoms with Crippen LogP contribution in [-0.4, -0.2) is 31.7 Å².